The summed E-state index contributed by atoms with van der Waals surface area (Å²) in [4.78, 5) is 3.88. The van der Waals surface area contributed by atoms with E-state index in [4.69, 9.17) is 4.74 Å². The molecule has 0 unspecified atom stereocenters. The van der Waals surface area contributed by atoms with Gasteiger partial charge in [-0.2, -0.15) is 0 Å². The van der Waals surface area contributed by atoms with E-state index < -0.39 is 0 Å². The number of ether oxygens (including phenoxy) is 1. The fraction of sp³-hybridized carbons (Fsp3) is 0.545. The van der Waals surface area contributed by atoms with Crippen molar-refractivity contribution in [3.63, 3.8) is 0 Å². The van der Waals surface area contributed by atoms with Gasteiger partial charge < -0.3 is 10.1 Å². The van der Waals surface area contributed by atoms with Gasteiger partial charge in [0.15, 0.2) is 0 Å². The van der Waals surface area contributed by atoms with Gasteiger partial charge in [-0.25, -0.2) is 9.37 Å². The summed E-state index contributed by atoms with van der Waals surface area (Å²) in [5.41, 5.74) is 0. The number of anilines is 1. The van der Waals surface area contributed by atoms with Gasteiger partial charge in [-0.15, -0.1) is 0 Å². The lowest BCUT2D eigenvalue weighted by Crippen LogP contribution is -2.11. The molecule has 82 valence electrons. The molecule has 0 amide bonds. The second-order valence-electron chi connectivity index (χ2n) is 3.81. The molecule has 1 heterocycles. The summed E-state index contributed by atoms with van der Waals surface area (Å²) in [6.07, 6.45) is 3.83. The molecule has 0 aliphatic heterocycles. The predicted octanol–water partition coefficient (Wildman–Crippen LogP) is 2.06. The van der Waals surface area contributed by atoms with E-state index in [1.165, 1.54) is 25.1 Å². The minimum Gasteiger partial charge on any atom is -0.379 e. The second-order valence-corrected chi connectivity index (χ2v) is 3.81. The van der Waals surface area contributed by atoms with Crippen LogP contribution in [0.15, 0.2) is 18.3 Å². The van der Waals surface area contributed by atoms with Crippen LogP contribution in [0.1, 0.15) is 12.8 Å². The number of rotatable bonds is 6. The molecule has 0 atom stereocenters. The Kier molecular flexibility index (Phi) is 3.50. The minimum atomic E-state index is -0.314. The molecule has 3 nitrogen and oxygen atoms in total. The molecule has 1 aromatic heterocycles. The normalized spacial score (nSPS) is 15.3. The molecule has 1 aliphatic rings. The molecule has 2 rings (SSSR count). The first-order chi connectivity index (χ1) is 7.34. The molecule has 0 spiro atoms. The van der Waals surface area contributed by atoms with Crippen molar-refractivity contribution in [1.82, 2.24) is 4.98 Å². The van der Waals surface area contributed by atoms with Crippen molar-refractivity contribution >= 4 is 5.82 Å². The highest BCUT2D eigenvalue weighted by molar-refractivity contribution is 5.33. The van der Waals surface area contributed by atoms with E-state index in [2.05, 4.69) is 10.3 Å². The van der Waals surface area contributed by atoms with Crippen LogP contribution in [0.3, 0.4) is 0 Å². The molecule has 1 saturated carbocycles. The summed E-state index contributed by atoms with van der Waals surface area (Å²) in [5.74, 6) is 1.17. The molecule has 0 bridgehead atoms. The SMILES string of the molecule is Fc1ccc(NCCOCC2CC2)nc1. The Morgan fingerprint density at radius 3 is 3.00 bits per heavy atom. The van der Waals surface area contributed by atoms with Gasteiger partial charge in [0.05, 0.1) is 12.8 Å². The number of pyridine rings is 1. The quantitative estimate of drug-likeness (QED) is 0.730. The van der Waals surface area contributed by atoms with E-state index in [1.54, 1.807) is 6.07 Å². The lowest BCUT2D eigenvalue weighted by Gasteiger charge is -2.05. The molecule has 0 aromatic carbocycles. The van der Waals surface area contributed by atoms with Crippen LogP contribution >= 0.6 is 0 Å². The Labute approximate surface area is 88.7 Å². The summed E-state index contributed by atoms with van der Waals surface area (Å²) in [6, 6.07) is 3.01. The number of nitrogens with zero attached hydrogens (tertiary/aromatic N) is 1. The predicted molar refractivity (Wildman–Crippen MR) is 56.2 cm³/mol. The summed E-state index contributed by atoms with van der Waals surface area (Å²) < 4.78 is 17.9. The topological polar surface area (TPSA) is 34.1 Å². The number of hydrogen-bond acceptors (Lipinski definition) is 3. The van der Waals surface area contributed by atoms with Crippen molar-refractivity contribution in [2.24, 2.45) is 5.92 Å². The third-order valence-corrected chi connectivity index (χ3v) is 2.33. The average molecular weight is 210 g/mol. The van der Waals surface area contributed by atoms with Gasteiger partial charge >= 0.3 is 0 Å². The highest BCUT2D eigenvalue weighted by Gasteiger charge is 2.20. The van der Waals surface area contributed by atoms with Gasteiger partial charge in [0.1, 0.15) is 11.6 Å². The van der Waals surface area contributed by atoms with Gasteiger partial charge in [0.2, 0.25) is 0 Å². The fourth-order valence-corrected chi connectivity index (χ4v) is 1.27. The number of nitrogens with one attached hydrogen (secondary N) is 1. The highest BCUT2D eigenvalue weighted by Crippen LogP contribution is 2.28. The van der Waals surface area contributed by atoms with Gasteiger partial charge in [-0.05, 0) is 30.9 Å². The van der Waals surface area contributed by atoms with E-state index in [0.717, 1.165) is 12.5 Å². The van der Waals surface area contributed by atoms with Crippen LogP contribution in [-0.2, 0) is 4.74 Å². The summed E-state index contributed by atoms with van der Waals surface area (Å²) in [5, 5.41) is 3.06. The van der Waals surface area contributed by atoms with Crippen LogP contribution < -0.4 is 5.32 Å². The molecule has 15 heavy (non-hydrogen) atoms. The molecule has 1 N–H and O–H groups in total. The lowest BCUT2D eigenvalue weighted by atomic mass is 10.4. The Bertz CT molecular complexity index is 298. The van der Waals surface area contributed by atoms with Gasteiger partial charge in [-0.3, -0.25) is 0 Å². The molecule has 0 saturated heterocycles. The third-order valence-electron chi connectivity index (χ3n) is 2.33. The Morgan fingerprint density at radius 1 is 1.47 bits per heavy atom. The molecule has 1 aromatic rings. The zero-order chi connectivity index (χ0) is 10.5. The fourth-order valence-electron chi connectivity index (χ4n) is 1.27. The van der Waals surface area contributed by atoms with Gasteiger partial charge in [0, 0.05) is 13.2 Å². The summed E-state index contributed by atoms with van der Waals surface area (Å²) >= 11 is 0. The molecule has 1 fully saturated rings. The van der Waals surface area contributed by atoms with E-state index in [1.807, 2.05) is 0 Å². The first-order valence-electron chi connectivity index (χ1n) is 5.28. The minimum absolute atomic E-state index is 0.314. The first kappa shape index (κ1) is 10.4. The van der Waals surface area contributed by atoms with E-state index >= 15 is 0 Å². The van der Waals surface area contributed by atoms with Gasteiger partial charge in [0.25, 0.3) is 0 Å². The number of hydrogen-bond donors (Lipinski definition) is 1. The molecular formula is C11H15FN2O. The smallest absolute Gasteiger partial charge is 0.141 e. The van der Waals surface area contributed by atoms with Crippen LogP contribution in [0.4, 0.5) is 10.2 Å². The standard InChI is InChI=1S/C11H15FN2O/c12-10-3-4-11(14-7-10)13-5-6-15-8-9-1-2-9/h3-4,7,9H,1-2,5-6,8H2,(H,13,14). The van der Waals surface area contributed by atoms with Crippen molar-refractivity contribution in [3.8, 4) is 0 Å². The van der Waals surface area contributed by atoms with Gasteiger partial charge in [-0.1, -0.05) is 0 Å². The van der Waals surface area contributed by atoms with Crippen molar-refractivity contribution in [3.05, 3.63) is 24.1 Å². The van der Waals surface area contributed by atoms with Crippen LogP contribution in [-0.4, -0.2) is 24.7 Å². The van der Waals surface area contributed by atoms with Crippen LogP contribution in [0.25, 0.3) is 0 Å². The average Bonchev–Trinajstić information content (AvgIpc) is 3.04. The van der Waals surface area contributed by atoms with Crippen molar-refractivity contribution in [2.75, 3.05) is 25.1 Å². The monoisotopic (exact) mass is 210 g/mol. The molecule has 1 aliphatic carbocycles. The van der Waals surface area contributed by atoms with Crippen molar-refractivity contribution < 1.29 is 9.13 Å². The maximum Gasteiger partial charge on any atom is 0.141 e. The Hall–Kier alpha value is -1.16. The molecule has 4 heteroatoms. The maximum absolute atomic E-state index is 12.5. The molecular weight excluding hydrogens is 195 g/mol. The summed E-state index contributed by atoms with van der Waals surface area (Å²) in [7, 11) is 0. The largest absolute Gasteiger partial charge is 0.379 e. The zero-order valence-corrected chi connectivity index (χ0v) is 8.58. The van der Waals surface area contributed by atoms with Crippen molar-refractivity contribution in [2.45, 2.75) is 12.8 Å². The van der Waals surface area contributed by atoms with E-state index in [-0.39, 0.29) is 5.82 Å². The molecule has 0 radical (unpaired) electrons. The highest BCUT2D eigenvalue weighted by atomic mass is 19.1. The van der Waals surface area contributed by atoms with Crippen LogP contribution in [0.5, 0.6) is 0 Å². The van der Waals surface area contributed by atoms with E-state index in [9.17, 15) is 4.39 Å². The van der Waals surface area contributed by atoms with Crippen LogP contribution in [0, 0.1) is 11.7 Å². The second kappa shape index (κ2) is 5.07. The lowest BCUT2D eigenvalue weighted by molar-refractivity contribution is 0.134. The first-order valence-corrected chi connectivity index (χ1v) is 5.28. The summed E-state index contributed by atoms with van der Waals surface area (Å²) in [6.45, 7) is 2.26. The maximum atomic E-state index is 12.5. The van der Waals surface area contributed by atoms with E-state index in [0.29, 0.717) is 19.0 Å². The third kappa shape index (κ3) is 3.83. The van der Waals surface area contributed by atoms with Crippen molar-refractivity contribution in [1.29, 1.82) is 0 Å². The zero-order valence-electron chi connectivity index (χ0n) is 8.58. The number of halogens is 1. The Balaban J connectivity index is 1.58. The Morgan fingerprint density at radius 2 is 2.33 bits per heavy atom. The number of aromatic nitrogens is 1. The van der Waals surface area contributed by atoms with Crippen LogP contribution in [0.2, 0.25) is 0 Å².